The summed E-state index contributed by atoms with van der Waals surface area (Å²) in [4.78, 5) is 0. The molecule has 90 valence electrons. The molecule has 0 saturated heterocycles. The van der Waals surface area contributed by atoms with Crippen molar-refractivity contribution in [3.8, 4) is 11.3 Å². The van der Waals surface area contributed by atoms with Crippen LogP contribution in [-0.4, -0.2) is 5.16 Å². The fraction of sp³-hybridized carbons (Fsp3) is 0.308. The molecule has 0 spiro atoms. The zero-order valence-corrected chi connectivity index (χ0v) is 12.1. The van der Waals surface area contributed by atoms with Gasteiger partial charge < -0.3 is 10.3 Å². The van der Waals surface area contributed by atoms with E-state index in [1.807, 2.05) is 12.1 Å². The second kappa shape index (κ2) is 5.08. The zero-order valence-electron chi connectivity index (χ0n) is 9.90. The van der Waals surface area contributed by atoms with Crippen LogP contribution in [0.3, 0.4) is 0 Å². The fourth-order valence-corrected chi connectivity index (χ4v) is 2.12. The number of anilines is 1. The molecule has 0 aliphatic rings. The van der Waals surface area contributed by atoms with E-state index in [0.717, 1.165) is 23.2 Å². The lowest BCUT2D eigenvalue weighted by Crippen LogP contribution is -1.98. The number of hydrogen-bond donors (Lipinski definition) is 1. The average molecular weight is 342 g/mol. The van der Waals surface area contributed by atoms with Gasteiger partial charge in [0, 0.05) is 14.7 Å². The number of nitrogens with zero attached hydrogens (tertiary/aromatic N) is 1. The average Bonchev–Trinajstić information content (AvgIpc) is 2.61. The fourth-order valence-electron chi connectivity index (χ4n) is 1.76. The third kappa shape index (κ3) is 2.80. The van der Waals surface area contributed by atoms with Gasteiger partial charge in [-0.15, -0.1) is 0 Å². The van der Waals surface area contributed by atoms with Gasteiger partial charge in [-0.3, -0.25) is 0 Å². The molecule has 2 N–H and O–H groups in total. The molecule has 0 saturated carbocycles. The predicted octanol–water partition coefficient (Wildman–Crippen LogP) is 3.73. The molecule has 1 aromatic carbocycles. The van der Waals surface area contributed by atoms with Crippen LogP contribution in [0.15, 0.2) is 28.8 Å². The highest BCUT2D eigenvalue weighted by Gasteiger charge is 2.16. The summed E-state index contributed by atoms with van der Waals surface area (Å²) in [5, 5.41) is 4.07. The Morgan fingerprint density at radius 2 is 1.94 bits per heavy atom. The highest BCUT2D eigenvalue weighted by atomic mass is 127. The Bertz CT molecular complexity index is 503. The van der Waals surface area contributed by atoms with Crippen LogP contribution in [0.2, 0.25) is 0 Å². The lowest BCUT2D eigenvalue weighted by Gasteiger charge is -2.05. The molecule has 2 rings (SSSR count). The van der Waals surface area contributed by atoms with Crippen molar-refractivity contribution in [2.24, 2.45) is 5.92 Å². The number of nitrogen functional groups attached to an aromatic ring is 1. The number of halogens is 1. The van der Waals surface area contributed by atoms with Gasteiger partial charge in [-0.1, -0.05) is 31.1 Å². The van der Waals surface area contributed by atoms with Crippen molar-refractivity contribution >= 4 is 28.5 Å². The molecule has 1 heterocycles. The number of benzene rings is 1. The minimum atomic E-state index is 0.437. The number of aromatic nitrogens is 1. The van der Waals surface area contributed by atoms with Gasteiger partial charge in [-0.2, -0.15) is 0 Å². The molecule has 0 aliphatic carbocycles. The first-order chi connectivity index (χ1) is 8.08. The van der Waals surface area contributed by atoms with Crippen LogP contribution >= 0.6 is 22.6 Å². The van der Waals surface area contributed by atoms with E-state index in [0.29, 0.717) is 11.8 Å². The molecule has 0 aliphatic heterocycles. The maximum Gasteiger partial charge on any atom is 0.225 e. The second-order valence-corrected chi connectivity index (χ2v) is 5.72. The third-order valence-electron chi connectivity index (χ3n) is 2.55. The first-order valence-electron chi connectivity index (χ1n) is 5.58. The molecule has 0 radical (unpaired) electrons. The largest absolute Gasteiger partial charge is 0.367 e. The Hall–Kier alpha value is -1.04. The molecule has 0 bridgehead atoms. The minimum absolute atomic E-state index is 0.437. The summed E-state index contributed by atoms with van der Waals surface area (Å²) >= 11 is 2.28. The van der Waals surface area contributed by atoms with Crippen LogP contribution in [-0.2, 0) is 6.42 Å². The van der Waals surface area contributed by atoms with E-state index < -0.39 is 0 Å². The lowest BCUT2D eigenvalue weighted by molar-refractivity contribution is 0.438. The Balaban J connectivity index is 2.41. The number of hydrogen-bond acceptors (Lipinski definition) is 3. The summed E-state index contributed by atoms with van der Waals surface area (Å²) < 4.78 is 6.31. The molecule has 17 heavy (non-hydrogen) atoms. The normalized spacial score (nSPS) is 11.1. The van der Waals surface area contributed by atoms with E-state index in [1.54, 1.807) is 0 Å². The second-order valence-electron chi connectivity index (χ2n) is 4.48. The molecule has 3 nitrogen and oxygen atoms in total. The molecule has 0 unspecified atom stereocenters. The first kappa shape index (κ1) is 12.4. The van der Waals surface area contributed by atoms with Gasteiger partial charge in [-0.25, -0.2) is 0 Å². The van der Waals surface area contributed by atoms with E-state index >= 15 is 0 Å². The van der Waals surface area contributed by atoms with Gasteiger partial charge >= 0.3 is 0 Å². The zero-order chi connectivity index (χ0) is 12.4. The van der Waals surface area contributed by atoms with Gasteiger partial charge in [0.2, 0.25) is 5.88 Å². The van der Waals surface area contributed by atoms with Crippen LogP contribution in [0.1, 0.15) is 19.4 Å². The standard InChI is InChI=1S/C13H15IN2O/c1-8(2)7-11-12(16-17-13(11)15)9-3-5-10(14)6-4-9/h3-6,8H,7,15H2,1-2H3. The van der Waals surface area contributed by atoms with E-state index in [1.165, 1.54) is 3.57 Å². The molecule has 2 aromatic rings. The van der Waals surface area contributed by atoms with Crippen LogP contribution in [0, 0.1) is 9.49 Å². The van der Waals surface area contributed by atoms with Gasteiger partial charge in [0.05, 0.1) is 0 Å². The van der Waals surface area contributed by atoms with E-state index in [4.69, 9.17) is 10.3 Å². The molecular formula is C13H15IN2O. The highest BCUT2D eigenvalue weighted by molar-refractivity contribution is 14.1. The summed E-state index contributed by atoms with van der Waals surface area (Å²) in [5.41, 5.74) is 8.77. The molecule has 1 aromatic heterocycles. The Kier molecular flexibility index (Phi) is 3.71. The van der Waals surface area contributed by atoms with Crippen molar-refractivity contribution < 1.29 is 4.52 Å². The van der Waals surface area contributed by atoms with Crippen LogP contribution in [0.4, 0.5) is 5.88 Å². The van der Waals surface area contributed by atoms with Gasteiger partial charge in [-0.05, 0) is 47.1 Å². The lowest BCUT2D eigenvalue weighted by atomic mass is 9.99. The predicted molar refractivity (Wildman–Crippen MR) is 77.6 cm³/mol. The van der Waals surface area contributed by atoms with E-state index in [2.05, 4.69) is 53.7 Å². The Morgan fingerprint density at radius 3 is 2.53 bits per heavy atom. The van der Waals surface area contributed by atoms with E-state index in [9.17, 15) is 0 Å². The first-order valence-corrected chi connectivity index (χ1v) is 6.65. The van der Waals surface area contributed by atoms with Gasteiger partial charge in [0.25, 0.3) is 0 Å². The summed E-state index contributed by atoms with van der Waals surface area (Å²) in [6.07, 6.45) is 0.886. The van der Waals surface area contributed by atoms with Crippen LogP contribution in [0.25, 0.3) is 11.3 Å². The maximum atomic E-state index is 5.83. The van der Waals surface area contributed by atoms with Crippen LogP contribution in [0.5, 0.6) is 0 Å². The summed E-state index contributed by atoms with van der Waals surface area (Å²) in [7, 11) is 0. The summed E-state index contributed by atoms with van der Waals surface area (Å²) in [5.74, 6) is 0.964. The van der Waals surface area contributed by atoms with Gasteiger partial charge in [0.15, 0.2) is 0 Å². The summed E-state index contributed by atoms with van der Waals surface area (Å²) in [6.45, 7) is 4.31. The Labute approximate surface area is 115 Å². The minimum Gasteiger partial charge on any atom is -0.367 e. The van der Waals surface area contributed by atoms with Gasteiger partial charge in [0.1, 0.15) is 5.69 Å². The van der Waals surface area contributed by atoms with Crippen molar-refractivity contribution in [2.45, 2.75) is 20.3 Å². The highest BCUT2D eigenvalue weighted by Crippen LogP contribution is 2.29. The maximum absolute atomic E-state index is 5.83. The molecule has 4 heteroatoms. The van der Waals surface area contributed by atoms with Crippen molar-refractivity contribution in [1.82, 2.24) is 5.16 Å². The Morgan fingerprint density at radius 1 is 1.29 bits per heavy atom. The SMILES string of the molecule is CC(C)Cc1c(-c2ccc(I)cc2)noc1N. The summed E-state index contributed by atoms with van der Waals surface area (Å²) in [6, 6.07) is 8.20. The molecular weight excluding hydrogens is 327 g/mol. The monoisotopic (exact) mass is 342 g/mol. The third-order valence-corrected chi connectivity index (χ3v) is 3.27. The van der Waals surface area contributed by atoms with Crippen LogP contribution < -0.4 is 5.73 Å². The van der Waals surface area contributed by atoms with Crippen molar-refractivity contribution in [3.05, 3.63) is 33.4 Å². The van der Waals surface area contributed by atoms with E-state index in [-0.39, 0.29) is 0 Å². The molecule has 0 atom stereocenters. The number of rotatable bonds is 3. The molecule has 0 amide bonds. The quantitative estimate of drug-likeness (QED) is 0.865. The van der Waals surface area contributed by atoms with Crippen molar-refractivity contribution in [1.29, 1.82) is 0 Å². The number of nitrogens with two attached hydrogens (primary N) is 1. The van der Waals surface area contributed by atoms with Crippen molar-refractivity contribution in [3.63, 3.8) is 0 Å². The topological polar surface area (TPSA) is 52.0 Å². The molecule has 0 fully saturated rings. The smallest absolute Gasteiger partial charge is 0.225 e. The van der Waals surface area contributed by atoms with Crippen molar-refractivity contribution in [2.75, 3.05) is 5.73 Å².